The van der Waals surface area contributed by atoms with Crippen LogP contribution in [0.15, 0.2) is 29.2 Å². The number of rotatable bonds is 5. The van der Waals surface area contributed by atoms with Crippen LogP contribution in [0.1, 0.15) is 25.8 Å². The minimum atomic E-state index is -0.262. The van der Waals surface area contributed by atoms with Gasteiger partial charge in [-0.25, -0.2) is 9.78 Å². The molecule has 1 saturated heterocycles. The maximum absolute atomic E-state index is 12.4. The van der Waals surface area contributed by atoms with Crippen LogP contribution in [0.4, 0.5) is 5.95 Å². The van der Waals surface area contributed by atoms with E-state index in [0.717, 1.165) is 31.6 Å². The summed E-state index contributed by atoms with van der Waals surface area (Å²) in [4.78, 5) is 23.9. The summed E-state index contributed by atoms with van der Waals surface area (Å²) in [6.07, 6.45) is 2.76. The molecule has 1 fully saturated rings. The van der Waals surface area contributed by atoms with Gasteiger partial charge in [0.2, 0.25) is 5.95 Å². The molecule has 9 heteroatoms. The van der Waals surface area contributed by atoms with Gasteiger partial charge in [0.05, 0.1) is 22.8 Å². The lowest BCUT2D eigenvalue weighted by molar-refractivity contribution is 0.613. The van der Waals surface area contributed by atoms with E-state index in [1.807, 2.05) is 19.9 Å². The largest absolute Gasteiger partial charge is 0.354 e. The van der Waals surface area contributed by atoms with Gasteiger partial charge in [0.25, 0.3) is 0 Å². The van der Waals surface area contributed by atoms with Crippen LogP contribution < -0.4 is 16.3 Å². The van der Waals surface area contributed by atoms with Gasteiger partial charge in [-0.05, 0) is 37.1 Å². The van der Waals surface area contributed by atoms with E-state index in [1.165, 1.54) is 4.57 Å². The quantitative estimate of drug-likeness (QED) is 0.585. The van der Waals surface area contributed by atoms with Crippen molar-refractivity contribution in [3.8, 4) is 0 Å². The van der Waals surface area contributed by atoms with Crippen LogP contribution in [0.3, 0.4) is 0 Å². The number of anilines is 1. The lowest BCUT2D eigenvalue weighted by atomic mass is 10.1. The SMILES string of the molecule is CC.O=c1[nH]c2cnc(NC[C@@H]3CCNC3)nc2n1Cc1cccc(Cl)c1Cl. The zero-order valence-corrected chi connectivity index (χ0v) is 17.4. The standard InChI is InChI=1S/C17H18Cl2N6O.C2H6/c18-12-3-1-2-11(14(12)19)9-25-15-13(23-17(25)26)8-22-16(24-15)21-7-10-4-5-20-6-10;1-2/h1-3,8,10,20H,4-7,9H2,(H,23,26)(H,21,22,24);1-2H3/t10-;/m1./s1. The number of nitrogens with zero attached hydrogens (tertiary/aromatic N) is 3. The second kappa shape index (κ2) is 9.41. The van der Waals surface area contributed by atoms with Gasteiger partial charge in [-0.3, -0.25) is 4.57 Å². The molecule has 0 aliphatic carbocycles. The van der Waals surface area contributed by atoms with Crippen LogP contribution in [0, 0.1) is 5.92 Å². The normalized spacial score (nSPS) is 16.1. The highest BCUT2D eigenvalue weighted by Gasteiger charge is 2.16. The molecule has 3 heterocycles. The molecule has 0 spiro atoms. The zero-order valence-electron chi connectivity index (χ0n) is 15.9. The third kappa shape index (κ3) is 4.48. The number of aromatic nitrogens is 4. The first-order valence-electron chi connectivity index (χ1n) is 9.45. The van der Waals surface area contributed by atoms with Crippen molar-refractivity contribution in [1.29, 1.82) is 0 Å². The number of imidazole rings is 1. The molecule has 150 valence electrons. The monoisotopic (exact) mass is 422 g/mol. The molecule has 1 aliphatic heterocycles. The topological polar surface area (TPSA) is 87.6 Å². The van der Waals surface area contributed by atoms with Crippen molar-refractivity contribution in [2.75, 3.05) is 25.0 Å². The molecular formula is C19H24Cl2N6O. The summed E-state index contributed by atoms with van der Waals surface area (Å²) in [5.74, 6) is 1.07. The van der Waals surface area contributed by atoms with Crippen LogP contribution >= 0.6 is 23.2 Å². The number of hydrogen-bond acceptors (Lipinski definition) is 5. The van der Waals surface area contributed by atoms with E-state index in [-0.39, 0.29) is 12.2 Å². The van der Waals surface area contributed by atoms with E-state index < -0.39 is 0 Å². The van der Waals surface area contributed by atoms with Crippen molar-refractivity contribution >= 4 is 40.3 Å². The lowest BCUT2D eigenvalue weighted by Crippen LogP contribution is -2.19. The maximum atomic E-state index is 12.4. The first kappa shape index (κ1) is 20.6. The van der Waals surface area contributed by atoms with Gasteiger partial charge in [0.15, 0.2) is 5.65 Å². The van der Waals surface area contributed by atoms with Crippen molar-refractivity contribution < 1.29 is 0 Å². The number of hydrogen-bond donors (Lipinski definition) is 3. The summed E-state index contributed by atoms with van der Waals surface area (Å²) in [5.41, 5.74) is 1.61. The lowest BCUT2D eigenvalue weighted by Gasteiger charge is -2.10. The molecule has 1 atom stereocenters. The minimum Gasteiger partial charge on any atom is -0.354 e. The third-order valence-electron chi connectivity index (χ3n) is 4.58. The highest BCUT2D eigenvalue weighted by molar-refractivity contribution is 6.42. The fraction of sp³-hybridized carbons (Fsp3) is 0.421. The smallest absolute Gasteiger partial charge is 0.328 e. The number of H-pyrrole nitrogens is 1. The molecule has 28 heavy (non-hydrogen) atoms. The first-order chi connectivity index (χ1) is 13.6. The van der Waals surface area contributed by atoms with Crippen LogP contribution in [0.2, 0.25) is 10.0 Å². The van der Waals surface area contributed by atoms with Gasteiger partial charge < -0.3 is 15.6 Å². The predicted molar refractivity (Wildman–Crippen MR) is 115 cm³/mol. The highest BCUT2D eigenvalue weighted by Crippen LogP contribution is 2.26. The highest BCUT2D eigenvalue weighted by atomic mass is 35.5. The Bertz CT molecular complexity index is 994. The fourth-order valence-electron chi connectivity index (χ4n) is 3.14. The van der Waals surface area contributed by atoms with E-state index >= 15 is 0 Å². The van der Waals surface area contributed by atoms with Crippen molar-refractivity contribution in [2.45, 2.75) is 26.8 Å². The van der Waals surface area contributed by atoms with Crippen LogP contribution in [0.5, 0.6) is 0 Å². The molecule has 0 radical (unpaired) electrons. The Hall–Kier alpha value is -2.09. The van der Waals surface area contributed by atoms with E-state index in [2.05, 4.69) is 25.6 Å². The van der Waals surface area contributed by atoms with E-state index in [4.69, 9.17) is 23.2 Å². The average molecular weight is 423 g/mol. The molecular weight excluding hydrogens is 399 g/mol. The number of aromatic amines is 1. The Morgan fingerprint density at radius 1 is 1.32 bits per heavy atom. The number of nitrogens with one attached hydrogen (secondary N) is 3. The average Bonchev–Trinajstić information content (AvgIpc) is 3.33. The molecule has 1 aromatic carbocycles. The van der Waals surface area contributed by atoms with E-state index in [9.17, 15) is 4.79 Å². The summed E-state index contributed by atoms with van der Waals surface area (Å²) in [7, 11) is 0. The minimum absolute atomic E-state index is 0.262. The van der Waals surface area contributed by atoms with Crippen LogP contribution in [0.25, 0.3) is 11.2 Å². The number of fused-ring (bicyclic) bond motifs is 1. The van der Waals surface area contributed by atoms with Crippen molar-refractivity contribution in [3.63, 3.8) is 0 Å². The molecule has 3 N–H and O–H groups in total. The van der Waals surface area contributed by atoms with Gasteiger partial charge in [0, 0.05) is 6.54 Å². The Kier molecular flexibility index (Phi) is 6.93. The zero-order chi connectivity index (χ0) is 20.1. The van der Waals surface area contributed by atoms with Crippen molar-refractivity contribution in [2.24, 2.45) is 5.92 Å². The molecule has 0 unspecified atom stereocenters. The second-order valence-corrected chi connectivity index (χ2v) is 7.19. The van der Waals surface area contributed by atoms with Gasteiger partial charge in [0.1, 0.15) is 5.52 Å². The van der Waals surface area contributed by atoms with Gasteiger partial charge in [-0.2, -0.15) is 4.98 Å². The summed E-state index contributed by atoms with van der Waals surface area (Å²) in [5, 5.41) is 7.49. The maximum Gasteiger partial charge on any atom is 0.328 e. The van der Waals surface area contributed by atoms with Crippen molar-refractivity contribution in [3.05, 3.63) is 50.5 Å². The predicted octanol–water partition coefficient (Wildman–Crippen LogP) is 3.52. The Labute approximate surface area is 173 Å². The molecule has 1 aliphatic rings. The summed E-state index contributed by atoms with van der Waals surface area (Å²) >= 11 is 12.3. The fourth-order valence-corrected chi connectivity index (χ4v) is 3.52. The number of halogens is 2. The van der Waals surface area contributed by atoms with Crippen molar-refractivity contribution in [1.82, 2.24) is 24.8 Å². The summed E-state index contributed by atoms with van der Waals surface area (Å²) in [6.45, 7) is 7.12. The molecule has 4 rings (SSSR count). The number of benzene rings is 1. The third-order valence-corrected chi connectivity index (χ3v) is 5.44. The molecule has 0 bridgehead atoms. The molecule has 3 aromatic rings. The summed E-state index contributed by atoms with van der Waals surface area (Å²) in [6, 6.07) is 5.36. The van der Waals surface area contributed by atoms with Crippen LogP contribution in [-0.4, -0.2) is 39.2 Å². The summed E-state index contributed by atoms with van der Waals surface area (Å²) < 4.78 is 1.54. The Morgan fingerprint density at radius 2 is 2.14 bits per heavy atom. The first-order valence-corrected chi connectivity index (χ1v) is 10.2. The molecule has 2 aromatic heterocycles. The Morgan fingerprint density at radius 3 is 2.89 bits per heavy atom. The van der Waals surface area contributed by atoms with Gasteiger partial charge in [-0.1, -0.05) is 49.2 Å². The molecule has 0 amide bonds. The Balaban J connectivity index is 0.00000109. The second-order valence-electron chi connectivity index (χ2n) is 6.40. The van der Waals surface area contributed by atoms with Gasteiger partial charge >= 0.3 is 5.69 Å². The molecule has 0 saturated carbocycles. The molecule has 7 nitrogen and oxygen atoms in total. The van der Waals surface area contributed by atoms with E-state index in [1.54, 1.807) is 18.3 Å². The van der Waals surface area contributed by atoms with E-state index in [0.29, 0.717) is 33.1 Å². The van der Waals surface area contributed by atoms with Crippen LogP contribution in [-0.2, 0) is 6.54 Å². The van der Waals surface area contributed by atoms with Gasteiger partial charge in [-0.15, -0.1) is 0 Å².